The summed E-state index contributed by atoms with van der Waals surface area (Å²) in [6.45, 7) is -0.584. The van der Waals surface area contributed by atoms with Crippen LogP contribution in [0.3, 0.4) is 0 Å². The van der Waals surface area contributed by atoms with Gasteiger partial charge in [-0.1, -0.05) is 33.7 Å². The average molecular weight is 905 g/mol. The molecule has 2 fully saturated rings. The van der Waals surface area contributed by atoms with Crippen LogP contribution in [0.1, 0.15) is 29.7 Å². The Balaban J connectivity index is 0.803. The molecule has 8 atom stereocenters. The normalized spacial score (nSPS) is 24.0. The molecule has 0 spiro atoms. The topological polar surface area (TPSA) is 349 Å². The number of amidine groups is 2. The summed E-state index contributed by atoms with van der Waals surface area (Å²) in [4.78, 5) is 39.9. The van der Waals surface area contributed by atoms with Crippen LogP contribution in [-0.2, 0) is 25.6 Å². The second-order valence-corrected chi connectivity index (χ2v) is 15.9. The lowest BCUT2D eigenvalue weighted by atomic mass is 10.1. The van der Waals surface area contributed by atoms with Crippen molar-refractivity contribution >= 4 is 45.3 Å². The van der Waals surface area contributed by atoms with Crippen molar-refractivity contribution in [2.45, 2.75) is 55.7 Å². The summed E-state index contributed by atoms with van der Waals surface area (Å²) in [6.07, 6.45) is -8.19. The van der Waals surface area contributed by atoms with E-state index in [1.54, 1.807) is 70.1 Å². The highest BCUT2D eigenvalue weighted by molar-refractivity contribution is 8.76. The third-order valence-electron chi connectivity index (χ3n) is 8.91. The highest BCUT2D eigenvalue weighted by Crippen LogP contribution is 2.30. The molecular formula is C36H44N10O14S2. The Kier molecular flexibility index (Phi) is 16.4. The molecule has 2 aromatic heterocycles. The molecule has 6 rings (SSSR count). The van der Waals surface area contributed by atoms with Crippen LogP contribution < -0.4 is 25.7 Å². The predicted molar refractivity (Wildman–Crippen MR) is 217 cm³/mol. The van der Waals surface area contributed by atoms with Gasteiger partial charge in [0.1, 0.15) is 73.1 Å². The maximum absolute atomic E-state index is 12.3. The molecule has 8 unspecified atom stereocenters. The van der Waals surface area contributed by atoms with E-state index in [1.165, 1.54) is 12.7 Å². The Morgan fingerprint density at radius 3 is 1.60 bits per heavy atom. The van der Waals surface area contributed by atoms with Crippen molar-refractivity contribution in [3.8, 4) is 17.2 Å². The molecule has 2 amide bonds. The number of aliphatic hydroxyl groups is 6. The molecule has 2 aromatic carbocycles. The quantitative estimate of drug-likeness (QED) is 0.0212. The Labute approximate surface area is 359 Å². The van der Waals surface area contributed by atoms with E-state index < -0.39 is 80.9 Å². The SMILES string of the molecule is NC(=NC(=O)COc1ccc(OCCSSCCOc2ccc(COC(=O)/N=C(/N)c3ncn(C4OC(CO)C(O)C4O)n3)cc2)cc1)c1ncn(C2OC(CO)C(O)C2O)n1. The van der Waals surface area contributed by atoms with Gasteiger partial charge in [0, 0.05) is 11.5 Å². The Morgan fingerprint density at radius 1 is 0.677 bits per heavy atom. The minimum absolute atomic E-state index is 0.0813. The van der Waals surface area contributed by atoms with E-state index in [1.807, 2.05) is 0 Å². The van der Waals surface area contributed by atoms with Gasteiger partial charge in [0.05, 0.1) is 26.4 Å². The van der Waals surface area contributed by atoms with E-state index >= 15 is 0 Å². The number of aromatic nitrogens is 6. The van der Waals surface area contributed by atoms with Crippen molar-refractivity contribution in [1.29, 1.82) is 0 Å². The van der Waals surface area contributed by atoms with E-state index in [0.29, 0.717) is 47.5 Å². The van der Waals surface area contributed by atoms with Gasteiger partial charge in [0.15, 0.2) is 30.7 Å². The summed E-state index contributed by atoms with van der Waals surface area (Å²) in [5.74, 6) is 1.53. The highest BCUT2D eigenvalue weighted by atomic mass is 33.1. The van der Waals surface area contributed by atoms with Gasteiger partial charge >= 0.3 is 6.09 Å². The zero-order valence-corrected chi connectivity index (χ0v) is 34.2. The second-order valence-electron chi connectivity index (χ2n) is 13.2. The van der Waals surface area contributed by atoms with Gasteiger partial charge in [-0.25, -0.2) is 24.1 Å². The van der Waals surface area contributed by atoms with Gasteiger partial charge in [0.2, 0.25) is 11.6 Å². The van der Waals surface area contributed by atoms with Gasteiger partial charge in [-0.05, 0) is 42.0 Å². The smallest absolute Gasteiger partial charge is 0.436 e. The second kappa shape index (κ2) is 22.1. The number of aliphatic imine (C=N–C) groups is 2. The first-order valence-corrected chi connectivity index (χ1v) is 21.2. The van der Waals surface area contributed by atoms with E-state index in [9.17, 15) is 40.2 Å². The van der Waals surface area contributed by atoms with Crippen molar-refractivity contribution in [2.24, 2.45) is 21.5 Å². The fourth-order valence-corrected chi connectivity index (χ4v) is 7.39. The molecule has 62 heavy (non-hydrogen) atoms. The lowest BCUT2D eigenvalue weighted by Gasteiger charge is -2.13. The summed E-state index contributed by atoms with van der Waals surface area (Å²) in [5.41, 5.74) is 12.4. The summed E-state index contributed by atoms with van der Waals surface area (Å²) in [5, 5.41) is 66.8. The summed E-state index contributed by atoms with van der Waals surface area (Å²) >= 11 is 0. The standard InChI is InChI=1S/C36H44N10O14S2/c37-30(32-39-17-45(43-32)34-28(52)26(50)23(13-47)59-34)41-25(49)16-57-22-7-5-21(6-8-22)56-10-12-62-61-11-9-55-20-3-1-19(2-4-20)15-58-36(54)42-31(38)33-40-18-46(44-33)35-29(53)27(51)24(14-48)60-35/h1-8,17-18,23-24,26-29,34-35,47-48,50-53H,9-16H2,(H2,37,41,49)(H2,38,42,54). The number of hydrogen-bond donors (Lipinski definition) is 8. The summed E-state index contributed by atoms with van der Waals surface area (Å²) in [7, 11) is 3.25. The number of rotatable bonds is 20. The fraction of sp³-hybridized carbons (Fsp3) is 0.444. The number of nitrogens with two attached hydrogens (primary N) is 2. The zero-order chi connectivity index (χ0) is 44.2. The van der Waals surface area contributed by atoms with Crippen molar-refractivity contribution < 1.29 is 68.6 Å². The average Bonchev–Trinajstić information content (AvgIpc) is 4.08. The molecule has 10 N–H and O–H groups in total. The van der Waals surface area contributed by atoms with Crippen LogP contribution in [0.15, 0.2) is 71.2 Å². The van der Waals surface area contributed by atoms with Crippen molar-refractivity contribution in [1.82, 2.24) is 29.5 Å². The monoisotopic (exact) mass is 904 g/mol. The van der Waals surface area contributed by atoms with Crippen LogP contribution in [0.2, 0.25) is 0 Å². The molecule has 2 aliphatic rings. The first kappa shape index (κ1) is 46.1. The minimum Gasteiger partial charge on any atom is -0.493 e. The number of carbonyl (C=O) groups is 2. The molecule has 0 bridgehead atoms. The molecule has 24 nitrogen and oxygen atoms in total. The Hall–Kier alpha value is -5.42. The third-order valence-corrected chi connectivity index (χ3v) is 11.2. The van der Waals surface area contributed by atoms with Gasteiger partial charge in [0.25, 0.3) is 5.91 Å². The zero-order valence-electron chi connectivity index (χ0n) is 32.5. The molecule has 0 radical (unpaired) electrons. The highest BCUT2D eigenvalue weighted by Gasteiger charge is 2.45. The molecule has 4 aromatic rings. The molecule has 4 heterocycles. The van der Waals surface area contributed by atoms with E-state index in [-0.39, 0.29) is 29.9 Å². The first-order valence-electron chi connectivity index (χ1n) is 18.7. The maximum atomic E-state index is 12.3. The summed E-state index contributed by atoms with van der Waals surface area (Å²) < 4.78 is 35.2. The molecule has 26 heteroatoms. The number of nitrogens with zero attached hydrogens (tertiary/aromatic N) is 8. The van der Waals surface area contributed by atoms with Gasteiger partial charge in [-0.2, -0.15) is 9.98 Å². The van der Waals surface area contributed by atoms with Crippen LogP contribution in [0.25, 0.3) is 0 Å². The number of carbonyl (C=O) groups excluding carboxylic acids is 2. The van der Waals surface area contributed by atoms with Gasteiger partial charge < -0.3 is 70.5 Å². The minimum atomic E-state index is -1.37. The lowest BCUT2D eigenvalue weighted by molar-refractivity contribution is -0.119. The van der Waals surface area contributed by atoms with Gasteiger partial charge in [-0.15, -0.1) is 10.2 Å². The Bertz CT molecular complexity index is 1990. The van der Waals surface area contributed by atoms with Crippen LogP contribution in [-0.4, -0.2) is 165 Å². The van der Waals surface area contributed by atoms with Crippen molar-refractivity contribution in [3.05, 3.63) is 78.4 Å². The molecule has 334 valence electrons. The van der Waals surface area contributed by atoms with Crippen LogP contribution in [0.5, 0.6) is 17.2 Å². The molecule has 2 aliphatic heterocycles. The largest absolute Gasteiger partial charge is 0.493 e. The molecule has 0 aliphatic carbocycles. The van der Waals surface area contributed by atoms with Crippen molar-refractivity contribution in [2.75, 3.05) is 44.5 Å². The first-order chi connectivity index (χ1) is 29.9. The summed E-state index contributed by atoms with van der Waals surface area (Å²) in [6, 6.07) is 13.7. The molecular weight excluding hydrogens is 861 g/mol. The van der Waals surface area contributed by atoms with Crippen LogP contribution in [0, 0.1) is 0 Å². The lowest BCUT2D eigenvalue weighted by Crippen LogP contribution is -2.33. The van der Waals surface area contributed by atoms with E-state index in [4.69, 9.17) is 39.9 Å². The third kappa shape index (κ3) is 12.1. The predicted octanol–water partition coefficient (Wildman–Crippen LogP) is -1.72. The van der Waals surface area contributed by atoms with Gasteiger partial charge in [-0.3, -0.25) is 4.79 Å². The van der Waals surface area contributed by atoms with Crippen LogP contribution >= 0.6 is 21.6 Å². The number of ether oxygens (including phenoxy) is 6. The number of aliphatic hydroxyl groups excluding tert-OH is 6. The number of hydrogen-bond acceptors (Lipinski definition) is 20. The fourth-order valence-electron chi connectivity index (χ4n) is 5.73. The molecule has 0 saturated carbocycles. The van der Waals surface area contributed by atoms with E-state index in [2.05, 4.69) is 30.2 Å². The number of amides is 2. The van der Waals surface area contributed by atoms with E-state index in [0.717, 1.165) is 9.36 Å². The number of benzene rings is 2. The van der Waals surface area contributed by atoms with Crippen LogP contribution in [0.4, 0.5) is 4.79 Å². The van der Waals surface area contributed by atoms with Crippen molar-refractivity contribution in [3.63, 3.8) is 0 Å². The molecule has 2 saturated heterocycles. The Morgan fingerprint density at radius 2 is 1.13 bits per heavy atom. The maximum Gasteiger partial charge on any atom is 0.436 e.